The third-order valence-corrected chi connectivity index (χ3v) is 1.59. The second-order valence-corrected chi connectivity index (χ2v) is 2.67. The predicted molar refractivity (Wildman–Crippen MR) is 46.8 cm³/mol. The summed E-state index contributed by atoms with van der Waals surface area (Å²) >= 11 is 5.65. The van der Waals surface area contributed by atoms with Crippen LogP contribution < -0.4 is 5.32 Å². The zero-order valence-electron chi connectivity index (χ0n) is 6.49. The fourth-order valence-electron chi connectivity index (χ4n) is 0.757. The first-order valence-electron chi connectivity index (χ1n) is 3.38. The number of hydrogen-bond acceptors (Lipinski definition) is 3. The number of hydrogen-bond donors (Lipinski definition) is 3. The lowest BCUT2D eigenvalue weighted by Gasteiger charge is -2.03. The summed E-state index contributed by atoms with van der Waals surface area (Å²) in [6.45, 7) is -0.180. The highest BCUT2D eigenvalue weighted by molar-refractivity contribution is 6.33. The van der Waals surface area contributed by atoms with Gasteiger partial charge in [0, 0.05) is 6.20 Å². The standard InChI is InChI=1S/C7H7ClN2O3/c8-5-1-4(3-11)2-9-6(5)10-7(12)13/h1-2,11H,3H2,(H,9,10)(H,12,13). The van der Waals surface area contributed by atoms with E-state index in [-0.39, 0.29) is 17.4 Å². The minimum atomic E-state index is -1.23. The molecule has 5 nitrogen and oxygen atoms in total. The Balaban J connectivity index is 2.91. The molecule has 0 bridgehead atoms. The highest BCUT2D eigenvalue weighted by Gasteiger charge is 2.05. The molecule has 0 saturated heterocycles. The van der Waals surface area contributed by atoms with Crippen molar-refractivity contribution >= 4 is 23.5 Å². The minimum absolute atomic E-state index is 0.0615. The number of carboxylic acid groups (broad SMARTS) is 1. The first-order chi connectivity index (χ1) is 6.13. The summed E-state index contributed by atoms with van der Waals surface area (Å²) in [6.07, 6.45) is 0.114. The van der Waals surface area contributed by atoms with Crippen LogP contribution in [0.4, 0.5) is 10.6 Å². The van der Waals surface area contributed by atoms with E-state index in [0.717, 1.165) is 0 Å². The maximum Gasteiger partial charge on any atom is 0.410 e. The van der Waals surface area contributed by atoms with Gasteiger partial charge in [0.2, 0.25) is 0 Å². The Hall–Kier alpha value is -1.33. The molecule has 70 valence electrons. The summed E-state index contributed by atoms with van der Waals surface area (Å²) in [5.41, 5.74) is 0.529. The van der Waals surface area contributed by atoms with Crippen LogP contribution in [-0.4, -0.2) is 21.3 Å². The third-order valence-electron chi connectivity index (χ3n) is 1.31. The first kappa shape index (κ1) is 9.76. The van der Waals surface area contributed by atoms with Gasteiger partial charge in [-0.25, -0.2) is 9.78 Å². The number of aliphatic hydroxyl groups is 1. The van der Waals surface area contributed by atoms with Crippen molar-refractivity contribution in [3.63, 3.8) is 0 Å². The van der Waals surface area contributed by atoms with Crippen LogP contribution in [0.2, 0.25) is 5.02 Å². The van der Waals surface area contributed by atoms with Crippen molar-refractivity contribution in [2.45, 2.75) is 6.61 Å². The Kier molecular flexibility index (Phi) is 3.05. The summed E-state index contributed by atoms with van der Waals surface area (Å²) < 4.78 is 0. The lowest BCUT2D eigenvalue weighted by atomic mass is 10.3. The molecule has 0 aliphatic rings. The first-order valence-corrected chi connectivity index (χ1v) is 3.76. The molecule has 1 amide bonds. The van der Waals surface area contributed by atoms with E-state index in [1.165, 1.54) is 12.3 Å². The lowest BCUT2D eigenvalue weighted by Crippen LogP contribution is -2.09. The van der Waals surface area contributed by atoms with Crippen molar-refractivity contribution in [3.05, 3.63) is 22.8 Å². The predicted octanol–water partition coefficient (Wildman–Crippen LogP) is 1.32. The number of aromatic nitrogens is 1. The Morgan fingerprint density at radius 3 is 2.85 bits per heavy atom. The van der Waals surface area contributed by atoms with Crippen molar-refractivity contribution in [3.8, 4) is 0 Å². The lowest BCUT2D eigenvalue weighted by molar-refractivity contribution is 0.209. The molecule has 0 aliphatic carbocycles. The highest BCUT2D eigenvalue weighted by atomic mass is 35.5. The fraction of sp³-hybridized carbons (Fsp3) is 0.143. The molecule has 0 saturated carbocycles. The molecular weight excluding hydrogens is 196 g/mol. The number of aliphatic hydroxyl groups excluding tert-OH is 1. The smallest absolute Gasteiger partial charge is 0.410 e. The van der Waals surface area contributed by atoms with Gasteiger partial charge in [-0.1, -0.05) is 11.6 Å². The van der Waals surface area contributed by atoms with Crippen molar-refractivity contribution < 1.29 is 15.0 Å². The van der Waals surface area contributed by atoms with Crippen LogP contribution in [0.5, 0.6) is 0 Å². The molecule has 6 heteroatoms. The van der Waals surface area contributed by atoms with Gasteiger partial charge >= 0.3 is 6.09 Å². The van der Waals surface area contributed by atoms with Crippen LogP contribution in [-0.2, 0) is 6.61 Å². The number of carbonyl (C=O) groups is 1. The van der Waals surface area contributed by atoms with Crippen LogP contribution in [0.3, 0.4) is 0 Å². The molecule has 0 aliphatic heterocycles. The molecule has 0 unspecified atom stereocenters. The Morgan fingerprint density at radius 1 is 1.69 bits per heavy atom. The van der Waals surface area contributed by atoms with E-state index < -0.39 is 6.09 Å². The van der Waals surface area contributed by atoms with Gasteiger partial charge in [0.15, 0.2) is 5.82 Å². The van der Waals surface area contributed by atoms with Gasteiger partial charge in [0.25, 0.3) is 0 Å². The van der Waals surface area contributed by atoms with Crippen LogP contribution in [0, 0.1) is 0 Å². The summed E-state index contributed by atoms with van der Waals surface area (Å²) in [7, 11) is 0. The quantitative estimate of drug-likeness (QED) is 0.676. The molecular formula is C7H7ClN2O3. The molecule has 1 heterocycles. The molecule has 1 aromatic heterocycles. The highest BCUT2D eigenvalue weighted by Crippen LogP contribution is 2.19. The number of anilines is 1. The molecule has 0 fully saturated rings. The Bertz CT molecular complexity index is 330. The van der Waals surface area contributed by atoms with Crippen molar-refractivity contribution in [2.75, 3.05) is 5.32 Å². The fourth-order valence-corrected chi connectivity index (χ4v) is 0.993. The average molecular weight is 203 g/mol. The minimum Gasteiger partial charge on any atom is -0.465 e. The summed E-state index contributed by atoms with van der Waals surface area (Å²) in [5.74, 6) is 0.0615. The van der Waals surface area contributed by atoms with Crippen LogP contribution in [0.25, 0.3) is 0 Å². The molecule has 1 aromatic rings. The Labute approximate surface area is 79.0 Å². The molecule has 1 rings (SSSR count). The average Bonchev–Trinajstić information content (AvgIpc) is 2.08. The van der Waals surface area contributed by atoms with Crippen molar-refractivity contribution in [2.24, 2.45) is 0 Å². The van der Waals surface area contributed by atoms with Crippen molar-refractivity contribution in [1.29, 1.82) is 0 Å². The van der Waals surface area contributed by atoms with Gasteiger partial charge in [-0.15, -0.1) is 0 Å². The molecule has 0 aromatic carbocycles. The largest absolute Gasteiger partial charge is 0.465 e. The molecule has 0 radical (unpaired) electrons. The number of amides is 1. The van der Waals surface area contributed by atoms with E-state index in [0.29, 0.717) is 5.56 Å². The number of nitrogens with zero attached hydrogens (tertiary/aromatic N) is 1. The van der Waals surface area contributed by atoms with E-state index in [4.69, 9.17) is 21.8 Å². The molecule has 3 N–H and O–H groups in total. The number of rotatable bonds is 2. The van der Waals surface area contributed by atoms with E-state index in [9.17, 15) is 4.79 Å². The number of pyridine rings is 1. The topological polar surface area (TPSA) is 82.5 Å². The molecule has 0 atom stereocenters. The maximum atomic E-state index is 10.2. The van der Waals surface area contributed by atoms with E-state index in [1.807, 2.05) is 5.32 Å². The summed E-state index contributed by atoms with van der Waals surface area (Å²) in [4.78, 5) is 13.9. The zero-order chi connectivity index (χ0) is 9.84. The van der Waals surface area contributed by atoms with E-state index in [1.54, 1.807) is 0 Å². The van der Waals surface area contributed by atoms with Crippen molar-refractivity contribution in [1.82, 2.24) is 4.98 Å². The van der Waals surface area contributed by atoms with Gasteiger partial charge in [-0.3, -0.25) is 5.32 Å². The number of halogens is 1. The second kappa shape index (κ2) is 4.06. The Morgan fingerprint density at radius 2 is 2.38 bits per heavy atom. The molecule has 13 heavy (non-hydrogen) atoms. The van der Waals surface area contributed by atoms with Gasteiger partial charge < -0.3 is 10.2 Å². The van der Waals surface area contributed by atoms with Gasteiger partial charge in [0.05, 0.1) is 11.6 Å². The van der Waals surface area contributed by atoms with E-state index >= 15 is 0 Å². The van der Waals surface area contributed by atoms with E-state index in [2.05, 4.69) is 4.98 Å². The summed E-state index contributed by atoms with van der Waals surface area (Å²) in [6, 6.07) is 1.44. The second-order valence-electron chi connectivity index (χ2n) is 2.26. The van der Waals surface area contributed by atoms with Gasteiger partial charge in [0.1, 0.15) is 0 Å². The molecule has 0 spiro atoms. The SMILES string of the molecule is O=C(O)Nc1ncc(CO)cc1Cl. The normalized spacial score (nSPS) is 9.69. The zero-order valence-corrected chi connectivity index (χ0v) is 7.25. The summed E-state index contributed by atoms with van der Waals surface area (Å²) in [5, 5.41) is 19.2. The van der Waals surface area contributed by atoms with Crippen LogP contribution in [0.1, 0.15) is 5.56 Å². The van der Waals surface area contributed by atoms with Gasteiger partial charge in [-0.05, 0) is 11.6 Å². The third kappa shape index (κ3) is 2.57. The van der Waals surface area contributed by atoms with Crippen LogP contribution in [0.15, 0.2) is 12.3 Å². The monoisotopic (exact) mass is 202 g/mol. The number of nitrogens with one attached hydrogen (secondary N) is 1. The van der Waals surface area contributed by atoms with Crippen LogP contribution >= 0.6 is 11.6 Å². The maximum absolute atomic E-state index is 10.2. The van der Waals surface area contributed by atoms with Gasteiger partial charge in [-0.2, -0.15) is 0 Å².